The molecular formula is C18H22N2O4S2. The summed E-state index contributed by atoms with van der Waals surface area (Å²) in [6.45, 7) is 2.59. The van der Waals surface area contributed by atoms with Gasteiger partial charge in [-0.25, -0.2) is 8.42 Å². The molecule has 1 aliphatic rings. The largest absolute Gasteiger partial charge is 0.495 e. The van der Waals surface area contributed by atoms with Crippen LogP contribution in [0.1, 0.15) is 31.1 Å². The molecule has 140 valence electrons. The number of sulfonamides is 1. The summed E-state index contributed by atoms with van der Waals surface area (Å²) in [6, 6.07) is 8.42. The molecule has 2 aromatic rings. The molecule has 8 heteroatoms. The first-order chi connectivity index (χ1) is 12.4. The molecule has 0 unspecified atom stereocenters. The van der Waals surface area contributed by atoms with Gasteiger partial charge in [0.05, 0.1) is 18.5 Å². The van der Waals surface area contributed by atoms with Crippen LogP contribution in [0.5, 0.6) is 5.75 Å². The lowest BCUT2D eigenvalue weighted by Gasteiger charge is -2.28. The third-order valence-corrected chi connectivity index (χ3v) is 7.40. The summed E-state index contributed by atoms with van der Waals surface area (Å²) in [5.41, 5.74) is 1.00. The molecule has 6 nitrogen and oxygen atoms in total. The van der Waals surface area contributed by atoms with Crippen molar-refractivity contribution in [2.45, 2.75) is 36.8 Å². The van der Waals surface area contributed by atoms with Crippen molar-refractivity contribution in [3.8, 4) is 5.75 Å². The lowest BCUT2D eigenvalue weighted by atomic mass is 10.1. The Kier molecular flexibility index (Phi) is 5.52. The second-order valence-corrected chi connectivity index (χ2v) is 9.15. The van der Waals surface area contributed by atoms with Crippen LogP contribution in [0.4, 0.5) is 11.4 Å². The highest BCUT2D eigenvalue weighted by Crippen LogP contribution is 2.34. The van der Waals surface area contributed by atoms with Crippen LogP contribution in [0.2, 0.25) is 0 Å². The molecule has 26 heavy (non-hydrogen) atoms. The lowest BCUT2D eigenvalue weighted by molar-refractivity contribution is -0.119. The SMILES string of the molecule is CCc1ccc(S(=O)(=O)Nc2ccc(OC)c(N3CCCCC3=O)c2)s1. The Balaban J connectivity index is 1.91. The number of rotatable bonds is 6. The quantitative estimate of drug-likeness (QED) is 0.812. The van der Waals surface area contributed by atoms with Crippen molar-refractivity contribution < 1.29 is 17.9 Å². The molecule has 1 aromatic carbocycles. The van der Waals surface area contributed by atoms with Crippen molar-refractivity contribution in [2.24, 2.45) is 0 Å². The number of anilines is 2. The van der Waals surface area contributed by atoms with Gasteiger partial charge in [0, 0.05) is 17.8 Å². The number of carbonyl (C=O) groups is 1. The number of nitrogens with one attached hydrogen (secondary N) is 1. The van der Waals surface area contributed by atoms with Gasteiger partial charge in [0.1, 0.15) is 9.96 Å². The number of amides is 1. The highest BCUT2D eigenvalue weighted by Gasteiger charge is 2.24. The van der Waals surface area contributed by atoms with Crippen molar-refractivity contribution in [3.63, 3.8) is 0 Å². The summed E-state index contributed by atoms with van der Waals surface area (Å²) in [7, 11) is -2.12. The molecule has 1 amide bonds. The number of aryl methyl sites for hydroxylation is 1. The van der Waals surface area contributed by atoms with E-state index in [-0.39, 0.29) is 10.1 Å². The van der Waals surface area contributed by atoms with Crippen LogP contribution < -0.4 is 14.4 Å². The number of nitrogens with zero attached hydrogens (tertiary/aromatic N) is 1. The van der Waals surface area contributed by atoms with E-state index in [9.17, 15) is 13.2 Å². The summed E-state index contributed by atoms with van der Waals surface area (Å²) in [5, 5.41) is 0. The van der Waals surface area contributed by atoms with Crippen LogP contribution in [-0.2, 0) is 21.2 Å². The second-order valence-electron chi connectivity index (χ2n) is 6.07. The van der Waals surface area contributed by atoms with Gasteiger partial charge in [-0.15, -0.1) is 11.3 Å². The molecule has 3 rings (SSSR count). The van der Waals surface area contributed by atoms with Gasteiger partial charge in [-0.1, -0.05) is 6.92 Å². The fourth-order valence-corrected chi connectivity index (χ4v) is 5.27. The zero-order chi connectivity index (χ0) is 18.7. The molecule has 1 fully saturated rings. The van der Waals surface area contributed by atoms with Gasteiger partial charge in [0.2, 0.25) is 5.91 Å². The maximum Gasteiger partial charge on any atom is 0.271 e. The molecule has 0 radical (unpaired) electrons. The van der Waals surface area contributed by atoms with Crippen LogP contribution in [0, 0.1) is 0 Å². The average Bonchev–Trinajstić information content (AvgIpc) is 3.12. The van der Waals surface area contributed by atoms with Crippen molar-refractivity contribution in [1.82, 2.24) is 0 Å². The zero-order valence-electron chi connectivity index (χ0n) is 14.8. The van der Waals surface area contributed by atoms with E-state index in [4.69, 9.17) is 4.74 Å². The van der Waals surface area contributed by atoms with E-state index in [2.05, 4.69) is 4.72 Å². The third kappa shape index (κ3) is 3.86. The predicted octanol–water partition coefficient (Wildman–Crippen LogP) is 3.64. The Morgan fingerprint density at radius 3 is 2.69 bits per heavy atom. The lowest BCUT2D eigenvalue weighted by Crippen LogP contribution is -2.35. The van der Waals surface area contributed by atoms with Crippen molar-refractivity contribution in [2.75, 3.05) is 23.3 Å². The molecular weight excluding hydrogens is 372 g/mol. The van der Waals surface area contributed by atoms with E-state index < -0.39 is 10.0 Å². The second kappa shape index (κ2) is 7.67. The molecule has 1 saturated heterocycles. The van der Waals surface area contributed by atoms with Crippen LogP contribution in [0.3, 0.4) is 0 Å². The monoisotopic (exact) mass is 394 g/mol. The highest BCUT2D eigenvalue weighted by atomic mass is 32.2. The first-order valence-corrected chi connectivity index (χ1v) is 10.8. The Morgan fingerprint density at radius 2 is 2.04 bits per heavy atom. The van der Waals surface area contributed by atoms with E-state index in [0.29, 0.717) is 30.1 Å². The smallest absolute Gasteiger partial charge is 0.271 e. The Hall–Kier alpha value is -2.06. The normalized spacial score (nSPS) is 15.2. The van der Waals surface area contributed by atoms with Crippen molar-refractivity contribution in [3.05, 3.63) is 35.2 Å². The topological polar surface area (TPSA) is 75.7 Å². The van der Waals surface area contributed by atoms with Crippen LogP contribution >= 0.6 is 11.3 Å². The molecule has 0 aliphatic carbocycles. The maximum absolute atomic E-state index is 12.6. The number of thiophene rings is 1. The Labute approximate surface area is 157 Å². The number of hydrogen-bond donors (Lipinski definition) is 1. The first-order valence-electron chi connectivity index (χ1n) is 8.54. The molecule has 1 aromatic heterocycles. The average molecular weight is 395 g/mol. The molecule has 0 saturated carbocycles. The third-order valence-electron chi connectivity index (χ3n) is 4.30. The van der Waals surface area contributed by atoms with E-state index in [1.807, 2.05) is 13.0 Å². The van der Waals surface area contributed by atoms with Gasteiger partial charge in [-0.3, -0.25) is 9.52 Å². The van der Waals surface area contributed by atoms with Gasteiger partial charge >= 0.3 is 0 Å². The van der Waals surface area contributed by atoms with E-state index >= 15 is 0 Å². The molecule has 1 aliphatic heterocycles. The molecule has 0 atom stereocenters. The molecule has 1 N–H and O–H groups in total. The van der Waals surface area contributed by atoms with E-state index in [1.165, 1.54) is 18.4 Å². The summed E-state index contributed by atoms with van der Waals surface area (Å²) in [4.78, 5) is 14.9. The van der Waals surface area contributed by atoms with Crippen LogP contribution in [0.15, 0.2) is 34.5 Å². The van der Waals surface area contributed by atoms with Crippen LogP contribution in [0.25, 0.3) is 0 Å². The summed E-state index contributed by atoms with van der Waals surface area (Å²) >= 11 is 1.26. The van der Waals surface area contributed by atoms with Crippen molar-refractivity contribution >= 4 is 38.6 Å². The summed E-state index contributed by atoms with van der Waals surface area (Å²) in [5.74, 6) is 0.577. The summed E-state index contributed by atoms with van der Waals surface area (Å²) < 4.78 is 33.5. The number of piperidine rings is 1. The molecule has 0 bridgehead atoms. The van der Waals surface area contributed by atoms with E-state index in [0.717, 1.165) is 24.1 Å². The van der Waals surface area contributed by atoms with Gasteiger partial charge in [0.15, 0.2) is 0 Å². The number of hydrogen-bond acceptors (Lipinski definition) is 5. The minimum atomic E-state index is -3.66. The summed E-state index contributed by atoms with van der Waals surface area (Å²) in [6.07, 6.45) is 3.08. The molecule has 2 heterocycles. The first kappa shape index (κ1) is 18.7. The fraction of sp³-hybridized carbons (Fsp3) is 0.389. The van der Waals surface area contributed by atoms with Crippen LogP contribution in [-0.4, -0.2) is 28.0 Å². The minimum Gasteiger partial charge on any atom is -0.495 e. The zero-order valence-corrected chi connectivity index (χ0v) is 16.5. The minimum absolute atomic E-state index is 0.0281. The molecule has 0 spiro atoms. The highest BCUT2D eigenvalue weighted by molar-refractivity contribution is 7.94. The Bertz CT molecular complexity index is 906. The fourth-order valence-electron chi connectivity index (χ4n) is 2.92. The van der Waals surface area contributed by atoms with Gasteiger partial charge in [-0.2, -0.15) is 0 Å². The number of methoxy groups -OCH3 is 1. The number of carbonyl (C=O) groups excluding carboxylic acids is 1. The van der Waals surface area contributed by atoms with Gasteiger partial charge < -0.3 is 9.64 Å². The predicted molar refractivity (Wildman–Crippen MR) is 104 cm³/mol. The Morgan fingerprint density at radius 1 is 1.23 bits per heavy atom. The standard InChI is InChI=1S/C18H22N2O4S2/c1-3-14-8-10-18(25-14)26(22,23)19-13-7-9-16(24-2)15(12-13)20-11-5-4-6-17(20)21/h7-10,12,19H,3-6,11H2,1-2H3. The maximum atomic E-state index is 12.6. The van der Waals surface area contributed by atoms with E-state index in [1.54, 1.807) is 29.2 Å². The van der Waals surface area contributed by atoms with Gasteiger partial charge in [-0.05, 0) is 49.6 Å². The number of benzene rings is 1. The number of ether oxygens (including phenoxy) is 1. The van der Waals surface area contributed by atoms with Gasteiger partial charge in [0.25, 0.3) is 10.0 Å². The van der Waals surface area contributed by atoms with Crippen molar-refractivity contribution in [1.29, 1.82) is 0 Å².